The fraction of sp³-hybridized carbons (Fsp3) is 0.375. The van der Waals surface area contributed by atoms with Crippen molar-refractivity contribution in [3.8, 4) is 22.4 Å². The Balaban J connectivity index is 0.827. The van der Waals surface area contributed by atoms with E-state index < -0.39 is 0 Å². The molecule has 5 heterocycles. The third-order valence-electron chi connectivity index (χ3n) is 12.6. The first-order valence-corrected chi connectivity index (χ1v) is 21.2. The van der Waals surface area contributed by atoms with E-state index in [2.05, 4.69) is 80.8 Å². The summed E-state index contributed by atoms with van der Waals surface area (Å²) in [6, 6.07) is 35.3. The summed E-state index contributed by atoms with van der Waals surface area (Å²) in [4.78, 5) is 49.7. The molecule has 298 valence electrons. The van der Waals surface area contributed by atoms with Gasteiger partial charge in [0.05, 0.1) is 36.6 Å². The molecule has 3 fully saturated rings. The minimum atomic E-state index is -0.240. The zero-order valence-electron chi connectivity index (χ0n) is 33.7. The van der Waals surface area contributed by atoms with Crippen LogP contribution in [0.1, 0.15) is 90.4 Å². The molecule has 4 atom stereocenters. The Labute approximate surface area is 342 Å². The fourth-order valence-electron chi connectivity index (χ4n) is 9.41. The number of nitrogens with one attached hydrogen (secondary N) is 2. The maximum atomic E-state index is 14.4. The molecule has 0 saturated carbocycles. The Morgan fingerprint density at radius 3 is 2.07 bits per heavy atom. The summed E-state index contributed by atoms with van der Waals surface area (Å²) in [5.74, 6) is 2.04. The van der Waals surface area contributed by atoms with Crippen molar-refractivity contribution in [3.05, 3.63) is 132 Å². The van der Waals surface area contributed by atoms with E-state index in [0.717, 1.165) is 110 Å². The van der Waals surface area contributed by atoms with Crippen LogP contribution in [0.4, 0.5) is 5.69 Å². The van der Waals surface area contributed by atoms with Crippen LogP contribution in [0.15, 0.2) is 114 Å². The lowest BCUT2D eigenvalue weighted by Crippen LogP contribution is -2.50. The van der Waals surface area contributed by atoms with E-state index in [0.29, 0.717) is 12.1 Å². The molecule has 2 N–H and O–H groups in total. The number of hydrogen-bond donors (Lipinski definition) is 2. The second-order valence-corrected chi connectivity index (χ2v) is 16.5. The largest absolute Gasteiger partial charge is 0.378 e. The number of piperidine rings is 1. The number of aromatic nitrogens is 2. The van der Waals surface area contributed by atoms with Gasteiger partial charge in [0.25, 0.3) is 5.91 Å². The number of anilines is 1. The number of aliphatic imine (C=N–C) groups is 1. The SMILES string of the molecule is CN(C)c1ccc(C(=O)N2CCC[C@H]2c2ncc(-c3ccc(-c4ccc(C5CN=C([C@@H]6CCCN6C(=O)[C@@H](c6ccccc6)N6CCCCC6)N5)cc4)cc3)[nH]2)cc1. The summed E-state index contributed by atoms with van der Waals surface area (Å²) in [5, 5.41) is 3.73. The van der Waals surface area contributed by atoms with E-state index >= 15 is 0 Å². The van der Waals surface area contributed by atoms with Gasteiger partial charge in [-0.2, -0.15) is 0 Å². The van der Waals surface area contributed by atoms with Crippen LogP contribution in [0, 0.1) is 0 Å². The van der Waals surface area contributed by atoms with E-state index in [1.54, 1.807) is 0 Å². The number of nitrogens with zero attached hydrogens (tertiary/aromatic N) is 6. The number of amides is 2. The lowest BCUT2D eigenvalue weighted by atomic mass is 9.99. The highest BCUT2D eigenvalue weighted by Crippen LogP contribution is 2.35. The van der Waals surface area contributed by atoms with E-state index in [1.807, 2.05) is 72.6 Å². The number of hydrogen-bond acceptors (Lipinski definition) is 7. The van der Waals surface area contributed by atoms with Crippen LogP contribution in [0.5, 0.6) is 0 Å². The van der Waals surface area contributed by atoms with Crippen molar-refractivity contribution in [3.63, 3.8) is 0 Å². The van der Waals surface area contributed by atoms with Gasteiger partial charge in [-0.15, -0.1) is 0 Å². The molecule has 10 nitrogen and oxygen atoms in total. The van der Waals surface area contributed by atoms with Crippen molar-refractivity contribution < 1.29 is 9.59 Å². The molecular formula is C48H54N8O2. The standard InChI is InChI=1S/C48H54N8O2/c1-53(2)39-25-23-38(24-26-39)47(57)55-29-9-13-42(55)45-49-31-40(51-45)35-19-15-33(16-20-35)34-17-21-36(22-18-34)41-32-50-46(52-41)43-14-10-30-56(43)48(58)44(37-11-5-3-6-12-37)54-27-7-4-8-28-54/h3,5-6,11-12,15-26,31,41-44H,4,7-10,13-14,27-30,32H2,1-2H3,(H,49,51)(H,50,52)/t41?,42-,43-,44+/m0/s1. The highest BCUT2D eigenvalue weighted by Gasteiger charge is 2.40. The minimum absolute atomic E-state index is 0.0111. The van der Waals surface area contributed by atoms with E-state index in [-0.39, 0.29) is 36.0 Å². The molecule has 1 unspecified atom stereocenters. The molecule has 1 aromatic heterocycles. The topological polar surface area (TPSA) is 100 Å². The average molecular weight is 775 g/mol. The van der Waals surface area contributed by atoms with Crippen molar-refractivity contribution in [2.45, 2.75) is 69.1 Å². The smallest absolute Gasteiger partial charge is 0.254 e. The first-order valence-electron chi connectivity index (χ1n) is 21.2. The molecule has 0 bridgehead atoms. The molecule has 9 rings (SSSR count). The highest BCUT2D eigenvalue weighted by atomic mass is 16.2. The van der Waals surface area contributed by atoms with Crippen molar-refractivity contribution in [1.82, 2.24) is 30.0 Å². The third-order valence-corrected chi connectivity index (χ3v) is 12.6. The van der Waals surface area contributed by atoms with Crippen LogP contribution in [0.25, 0.3) is 22.4 Å². The summed E-state index contributed by atoms with van der Waals surface area (Å²) in [7, 11) is 4.00. The molecule has 0 spiro atoms. The summed E-state index contributed by atoms with van der Waals surface area (Å²) in [6.45, 7) is 4.10. The Morgan fingerprint density at radius 2 is 1.36 bits per heavy atom. The fourth-order valence-corrected chi connectivity index (χ4v) is 9.41. The number of imidazole rings is 1. The van der Waals surface area contributed by atoms with E-state index in [9.17, 15) is 9.59 Å². The van der Waals surface area contributed by atoms with Gasteiger partial charge in [0.2, 0.25) is 5.91 Å². The van der Waals surface area contributed by atoms with Crippen LogP contribution < -0.4 is 10.2 Å². The van der Waals surface area contributed by atoms with Gasteiger partial charge in [-0.25, -0.2) is 4.98 Å². The van der Waals surface area contributed by atoms with Crippen molar-refractivity contribution in [1.29, 1.82) is 0 Å². The van der Waals surface area contributed by atoms with Gasteiger partial charge in [-0.05, 0) is 104 Å². The molecule has 5 aromatic rings. The third kappa shape index (κ3) is 7.65. The molecule has 4 aromatic carbocycles. The van der Waals surface area contributed by atoms with Crippen LogP contribution >= 0.6 is 0 Å². The van der Waals surface area contributed by atoms with Gasteiger partial charge in [-0.1, -0.05) is 85.3 Å². The van der Waals surface area contributed by atoms with Crippen molar-refractivity contribution in [2.24, 2.45) is 4.99 Å². The molecule has 3 saturated heterocycles. The Hall–Kier alpha value is -5.74. The maximum absolute atomic E-state index is 14.4. The van der Waals surface area contributed by atoms with Gasteiger partial charge in [-0.3, -0.25) is 19.5 Å². The molecular weight excluding hydrogens is 721 g/mol. The molecule has 4 aliphatic heterocycles. The van der Waals surface area contributed by atoms with Crippen LogP contribution in [0.2, 0.25) is 0 Å². The van der Waals surface area contributed by atoms with Crippen LogP contribution in [-0.4, -0.2) is 95.2 Å². The van der Waals surface area contributed by atoms with Crippen molar-refractivity contribution in [2.75, 3.05) is 51.7 Å². The number of rotatable bonds is 10. The second kappa shape index (κ2) is 16.6. The molecule has 4 aliphatic rings. The summed E-state index contributed by atoms with van der Waals surface area (Å²) >= 11 is 0. The van der Waals surface area contributed by atoms with Gasteiger partial charge >= 0.3 is 0 Å². The molecule has 10 heteroatoms. The Kier molecular flexibility index (Phi) is 10.8. The number of carbonyl (C=O) groups is 2. The monoisotopic (exact) mass is 774 g/mol. The van der Waals surface area contributed by atoms with Crippen molar-refractivity contribution >= 4 is 23.3 Å². The lowest BCUT2D eigenvalue weighted by Gasteiger charge is -2.37. The zero-order valence-corrected chi connectivity index (χ0v) is 33.7. The number of benzene rings is 4. The average Bonchev–Trinajstić information content (AvgIpc) is 4.12. The predicted octanol–water partition coefficient (Wildman–Crippen LogP) is 8.05. The Morgan fingerprint density at radius 1 is 0.707 bits per heavy atom. The first-order chi connectivity index (χ1) is 28.4. The zero-order chi connectivity index (χ0) is 39.6. The molecule has 58 heavy (non-hydrogen) atoms. The normalized spacial score (nSPS) is 21.5. The van der Waals surface area contributed by atoms with Crippen LogP contribution in [-0.2, 0) is 4.79 Å². The van der Waals surface area contributed by atoms with Crippen LogP contribution in [0.3, 0.4) is 0 Å². The molecule has 0 aliphatic carbocycles. The summed E-state index contributed by atoms with van der Waals surface area (Å²) in [6.07, 6.45) is 9.18. The number of amidine groups is 1. The summed E-state index contributed by atoms with van der Waals surface area (Å²) in [5.41, 5.74) is 8.35. The Bertz CT molecular complexity index is 2230. The summed E-state index contributed by atoms with van der Waals surface area (Å²) < 4.78 is 0. The number of likely N-dealkylation sites (tertiary alicyclic amines) is 3. The van der Waals surface area contributed by atoms with Gasteiger partial charge in [0.1, 0.15) is 17.7 Å². The number of carbonyl (C=O) groups excluding carboxylic acids is 2. The van der Waals surface area contributed by atoms with Gasteiger partial charge in [0, 0.05) is 38.4 Å². The first kappa shape index (κ1) is 37.8. The van der Waals surface area contributed by atoms with E-state index in [1.165, 1.54) is 12.0 Å². The predicted molar refractivity (Wildman–Crippen MR) is 231 cm³/mol. The number of aromatic amines is 1. The quantitative estimate of drug-likeness (QED) is 0.149. The molecule has 2 amide bonds. The minimum Gasteiger partial charge on any atom is -0.378 e. The van der Waals surface area contributed by atoms with Gasteiger partial charge < -0.3 is 25.0 Å². The highest BCUT2D eigenvalue weighted by molar-refractivity contribution is 5.96. The maximum Gasteiger partial charge on any atom is 0.254 e. The lowest BCUT2D eigenvalue weighted by molar-refractivity contribution is -0.137. The number of H-pyrrole nitrogens is 1. The van der Waals surface area contributed by atoms with Gasteiger partial charge in [0.15, 0.2) is 0 Å². The van der Waals surface area contributed by atoms with E-state index in [4.69, 9.17) is 9.98 Å². The second-order valence-electron chi connectivity index (χ2n) is 16.5. The molecule has 0 radical (unpaired) electrons.